The first kappa shape index (κ1) is 11.6. The minimum Gasteiger partial charge on any atom is -0.493 e. The van der Waals surface area contributed by atoms with E-state index in [0.29, 0.717) is 12.2 Å². The largest absolute Gasteiger partial charge is 0.493 e. The van der Waals surface area contributed by atoms with Gasteiger partial charge < -0.3 is 9.84 Å². The van der Waals surface area contributed by atoms with E-state index >= 15 is 0 Å². The highest BCUT2D eigenvalue weighted by atomic mass is 16.5. The Balaban J connectivity index is 2.12. The maximum Gasteiger partial charge on any atom is 0.306 e. The van der Waals surface area contributed by atoms with Gasteiger partial charge in [0, 0.05) is 18.4 Å². The Morgan fingerprint density at radius 1 is 1.47 bits per heavy atom. The van der Waals surface area contributed by atoms with Crippen molar-refractivity contribution in [3.8, 4) is 5.75 Å². The van der Waals surface area contributed by atoms with Crippen LogP contribution in [0.5, 0.6) is 5.75 Å². The Kier molecular flexibility index (Phi) is 3.13. The van der Waals surface area contributed by atoms with E-state index in [1.807, 2.05) is 0 Å². The zero-order chi connectivity index (χ0) is 12.4. The fraction of sp³-hybridized carbons (Fsp3) is 0.385. The highest BCUT2D eigenvalue weighted by molar-refractivity contribution is 5.98. The first-order valence-electron chi connectivity index (χ1n) is 5.59. The SMILES string of the molecule is CC(CC(=O)c1ccc2c(c1)CCO2)C(=O)O. The number of benzene rings is 1. The lowest BCUT2D eigenvalue weighted by atomic mass is 9.98. The third-order valence-electron chi connectivity index (χ3n) is 2.92. The Labute approximate surface area is 99.2 Å². The lowest BCUT2D eigenvalue weighted by Gasteiger charge is -2.06. The molecule has 1 aromatic carbocycles. The summed E-state index contributed by atoms with van der Waals surface area (Å²) in [6.07, 6.45) is 0.847. The Hall–Kier alpha value is -1.84. The topological polar surface area (TPSA) is 63.6 Å². The van der Waals surface area contributed by atoms with Crippen molar-refractivity contribution in [1.29, 1.82) is 0 Å². The number of carboxylic acids is 1. The second kappa shape index (κ2) is 4.57. The molecule has 0 bridgehead atoms. The van der Waals surface area contributed by atoms with Crippen molar-refractivity contribution >= 4 is 11.8 Å². The summed E-state index contributed by atoms with van der Waals surface area (Å²) in [6, 6.07) is 5.28. The van der Waals surface area contributed by atoms with E-state index in [2.05, 4.69) is 0 Å². The molecule has 90 valence electrons. The fourth-order valence-corrected chi connectivity index (χ4v) is 1.84. The molecule has 1 heterocycles. The average molecular weight is 234 g/mol. The van der Waals surface area contributed by atoms with E-state index in [9.17, 15) is 9.59 Å². The number of carboxylic acid groups (broad SMARTS) is 1. The molecule has 0 saturated carbocycles. The van der Waals surface area contributed by atoms with Gasteiger partial charge in [-0.2, -0.15) is 0 Å². The van der Waals surface area contributed by atoms with Crippen LogP contribution >= 0.6 is 0 Å². The van der Waals surface area contributed by atoms with E-state index < -0.39 is 11.9 Å². The number of ketones is 1. The Morgan fingerprint density at radius 3 is 2.94 bits per heavy atom. The van der Waals surface area contributed by atoms with Gasteiger partial charge in [0.05, 0.1) is 12.5 Å². The number of rotatable bonds is 4. The van der Waals surface area contributed by atoms with Gasteiger partial charge in [0.2, 0.25) is 0 Å². The maximum absolute atomic E-state index is 11.9. The number of carbonyl (C=O) groups is 2. The molecule has 1 N–H and O–H groups in total. The van der Waals surface area contributed by atoms with Crippen LogP contribution in [0.3, 0.4) is 0 Å². The molecule has 0 spiro atoms. The summed E-state index contributed by atoms with van der Waals surface area (Å²) in [4.78, 5) is 22.5. The monoisotopic (exact) mass is 234 g/mol. The molecule has 1 aliphatic heterocycles. The number of fused-ring (bicyclic) bond motifs is 1. The first-order chi connectivity index (χ1) is 8.08. The molecule has 1 atom stereocenters. The summed E-state index contributed by atoms with van der Waals surface area (Å²) < 4.78 is 5.35. The standard InChI is InChI=1S/C13H14O4/c1-8(13(15)16)6-11(14)9-2-3-12-10(7-9)4-5-17-12/h2-3,7-8H,4-6H2,1H3,(H,15,16). The van der Waals surface area contributed by atoms with Crippen LogP contribution in [0.4, 0.5) is 0 Å². The number of aliphatic carboxylic acids is 1. The van der Waals surface area contributed by atoms with Gasteiger partial charge in [-0.15, -0.1) is 0 Å². The van der Waals surface area contributed by atoms with Crippen LogP contribution in [0.25, 0.3) is 0 Å². The van der Waals surface area contributed by atoms with Crippen LogP contribution < -0.4 is 4.74 Å². The summed E-state index contributed by atoms with van der Waals surface area (Å²) in [6.45, 7) is 2.19. The molecule has 0 aliphatic carbocycles. The summed E-state index contributed by atoms with van der Waals surface area (Å²) in [5, 5.41) is 8.76. The smallest absolute Gasteiger partial charge is 0.306 e. The lowest BCUT2D eigenvalue weighted by molar-refractivity contribution is -0.141. The van der Waals surface area contributed by atoms with Gasteiger partial charge in [-0.25, -0.2) is 0 Å². The van der Waals surface area contributed by atoms with Crippen molar-refractivity contribution in [2.75, 3.05) is 6.61 Å². The molecule has 1 aliphatic rings. The molecular formula is C13H14O4. The second-order valence-corrected chi connectivity index (χ2v) is 4.29. The van der Waals surface area contributed by atoms with Gasteiger partial charge in [0.25, 0.3) is 0 Å². The van der Waals surface area contributed by atoms with Gasteiger partial charge in [-0.3, -0.25) is 9.59 Å². The Bertz CT molecular complexity index is 464. The molecule has 2 rings (SSSR count). The maximum atomic E-state index is 11.9. The minimum atomic E-state index is -0.942. The highest BCUT2D eigenvalue weighted by Gasteiger charge is 2.19. The number of hydrogen-bond donors (Lipinski definition) is 1. The molecule has 0 fully saturated rings. The predicted octanol–water partition coefficient (Wildman–Crippen LogP) is 1.92. The number of Topliss-reactive ketones (excluding diaryl/α,β-unsaturated/α-hetero) is 1. The van der Waals surface area contributed by atoms with Crippen LogP contribution in [0.1, 0.15) is 29.3 Å². The summed E-state index contributed by atoms with van der Waals surface area (Å²) in [7, 11) is 0. The summed E-state index contributed by atoms with van der Waals surface area (Å²) >= 11 is 0. The number of hydrogen-bond acceptors (Lipinski definition) is 3. The van der Waals surface area contributed by atoms with Crippen LogP contribution in [0, 0.1) is 5.92 Å². The summed E-state index contributed by atoms with van der Waals surface area (Å²) in [5.74, 6) is -0.891. The van der Waals surface area contributed by atoms with Crippen molar-refractivity contribution < 1.29 is 19.4 Å². The normalized spacial score (nSPS) is 14.9. The fourth-order valence-electron chi connectivity index (χ4n) is 1.84. The van der Waals surface area contributed by atoms with Gasteiger partial charge >= 0.3 is 5.97 Å². The lowest BCUT2D eigenvalue weighted by Crippen LogP contribution is -2.14. The van der Waals surface area contributed by atoms with Crippen molar-refractivity contribution in [3.63, 3.8) is 0 Å². The molecule has 17 heavy (non-hydrogen) atoms. The predicted molar refractivity (Wildman–Crippen MR) is 61.4 cm³/mol. The molecule has 4 nitrogen and oxygen atoms in total. The molecule has 0 aromatic heterocycles. The van der Waals surface area contributed by atoms with Crippen LogP contribution in [-0.2, 0) is 11.2 Å². The van der Waals surface area contributed by atoms with Crippen LogP contribution in [0.2, 0.25) is 0 Å². The van der Waals surface area contributed by atoms with Crippen molar-refractivity contribution in [2.24, 2.45) is 5.92 Å². The van der Waals surface area contributed by atoms with Gasteiger partial charge in [-0.05, 0) is 23.8 Å². The quantitative estimate of drug-likeness (QED) is 0.808. The van der Waals surface area contributed by atoms with Crippen LogP contribution in [-0.4, -0.2) is 23.5 Å². The summed E-state index contributed by atoms with van der Waals surface area (Å²) in [5.41, 5.74) is 1.60. The molecule has 1 aromatic rings. The van der Waals surface area contributed by atoms with Crippen molar-refractivity contribution in [3.05, 3.63) is 29.3 Å². The first-order valence-corrected chi connectivity index (χ1v) is 5.59. The number of carbonyl (C=O) groups excluding carboxylic acids is 1. The van der Waals surface area contributed by atoms with E-state index in [-0.39, 0.29) is 12.2 Å². The second-order valence-electron chi connectivity index (χ2n) is 4.29. The molecule has 0 radical (unpaired) electrons. The van der Waals surface area contributed by atoms with E-state index in [0.717, 1.165) is 17.7 Å². The minimum absolute atomic E-state index is 0.0367. The van der Waals surface area contributed by atoms with E-state index in [1.54, 1.807) is 18.2 Å². The van der Waals surface area contributed by atoms with Gasteiger partial charge in [-0.1, -0.05) is 6.92 Å². The van der Waals surface area contributed by atoms with Gasteiger partial charge in [0.15, 0.2) is 5.78 Å². The zero-order valence-corrected chi connectivity index (χ0v) is 9.60. The van der Waals surface area contributed by atoms with Crippen LogP contribution in [0.15, 0.2) is 18.2 Å². The van der Waals surface area contributed by atoms with Gasteiger partial charge in [0.1, 0.15) is 5.75 Å². The molecule has 0 amide bonds. The molecule has 4 heteroatoms. The Morgan fingerprint density at radius 2 is 2.24 bits per heavy atom. The van der Waals surface area contributed by atoms with E-state index in [4.69, 9.17) is 9.84 Å². The van der Waals surface area contributed by atoms with Crippen molar-refractivity contribution in [2.45, 2.75) is 19.8 Å². The average Bonchev–Trinajstić information content (AvgIpc) is 2.75. The number of ether oxygens (including phenoxy) is 1. The third-order valence-corrected chi connectivity index (χ3v) is 2.92. The van der Waals surface area contributed by atoms with E-state index in [1.165, 1.54) is 6.92 Å². The molecular weight excluding hydrogens is 220 g/mol. The third kappa shape index (κ3) is 2.46. The zero-order valence-electron chi connectivity index (χ0n) is 9.60. The molecule has 0 saturated heterocycles. The molecule has 1 unspecified atom stereocenters. The highest BCUT2D eigenvalue weighted by Crippen LogP contribution is 2.26. The van der Waals surface area contributed by atoms with Crippen molar-refractivity contribution in [1.82, 2.24) is 0 Å².